The fourth-order valence-corrected chi connectivity index (χ4v) is 3.46. The number of hydrogen-bond acceptors (Lipinski definition) is 3. The Bertz CT molecular complexity index is 602. The summed E-state index contributed by atoms with van der Waals surface area (Å²) in [6, 6.07) is 5.03. The topological polar surface area (TPSA) is 50.9 Å². The molecule has 1 fully saturated rings. The van der Waals surface area contributed by atoms with E-state index in [9.17, 15) is 5.11 Å². The molecule has 1 heterocycles. The number of nitrogens with zero attached hydrogens (tertiary/aromatic N) is 3. The highest BCUT2D eigenvalue weighted by atomic mass is 35.5. The van der Waals surface area contributed by atoms with Crippen molar-refractivity contribution >= 4 is 23.2 Å². The first-order valence-corrected chi connectivity index (χ1v) is 7.39. The Morgan fingerprint density at radius 1 is 1.30 bits per heavy atom. The molecule has 1 aromatic carbocycles. The summed E-state index contributed by atoms with van der Waals surface area (Å²) in [5, 5.41) is 16.5. The molecule has 0 spiro atoms. The maximum atomic E-state index is 11.2. The molecule has 1 saturated carbocycles. The molecule has 2 unspecified atom stereocenters. The fourth-order valence-electron chi connectivity index (χ4n) is 3.01. The van der Waals surface area contributed by atoms with Crippen LogP contribution in [0.25, 0.3) is 0 Å². The second kappa shape index (κ2) is 5.35. The average Bonchev–Trinajstić information content (AvgIpc) is 2.96. The van der Waals surface area contributed by atoms with Gasteiger partial charge in [-0.2, -0.15) is 5.10 Å². The van der Waals surface area contributed by atoms with Crippen molar-refractivity contribution in [1.82, 2.24) is 14.8 Å². The Labute approximate surface area is 127 Å². The first-order valence-electron chi connectivity index (χ1n) is 6.63. The van der Waals surface area contributed by atoms with E-state index < -0.39 is 5.60 Å². The lowest BCUT2D eigenvalue weighted by molar-refractivity contribution is -0.0515. The Morgan fingerprint density at radius 3 is 2.90 bits per heavy atom. The van der Waals surface area contributed by atoms with Crippen LogP contribution in [0.5, 0.6) is 0 Å². The molecule has 0 saturated heterocycles. The van der Waals surface area contributed by atoms with Crippen LogP contribution in [-0.4, -0.2) is 19.9 Å². The van der Waals surface area contributed by atoms with Crippen molar-refractivity contribution in [3.05, 3.63) is 46.5 Å². The molecule has 1 N–H and O–H groups in total. The quantitative estimate of drug-likeness (QED) is 0.922. The van der Waals surface area contributed by atoms with Gasteiger partial charge >= 0.3 is 0 Å². The van der Waals surface area contributed by atoms with Crippen LogP contribution in [0.3, 0.4) is 0 Å². The van der Waals surface area contributed by atoms with E-state index in [1.54, 1.807) is 29.2 Å². The Morgan fingerprint density at radius 2 is 2.15 bits per heavy atom. The Kier molecular flexibility index (Phi) is 3.71. The van der Waals surface area contributed by atoms with E-state index in [0.29, 0.717) is 22.0 Å². The zero-order chi connectivity index (χ0) is 14.2. The second-order valence-corrected chi connectivity index (χ2v) is 6.03. The van der Waals surface area contributed by atoms with Crippen molar-refractivity contribution < 1.29 is 5.11 Å². The number of halogens is 2. The lowest BCUT2D eigenvalue weighted by atomic mass is 9.75. The molecule has 1 aliphatic carbocycles. The van der Waals surface area contributed by atoms with Crippen LogP contribution >= 0.6 is 23.2 Å². The van der Waals surface area contributed by atoms with Crippen molar-refractivity contribution in [3.63, 3.8) is 0 Å². The largest absolute Gasteiger partial charge is 0.383 e. The summed E-state index contributed by atoms with van der Waals surface area (Å²) in [5.74, 6) is 0. The molecule has 0 bridgehead atoms. The molecule has 106 valence electrons. The number of aromatic nitrogens is 3. The van der Waals surface area contributed by atoms with Crippen LogP contribution in [0, 0.1) is 0 Å². The molecule has 0 amide bonds. The van der Waals surface area contributed by atoms with E-state index in [1.807, 2.05) is 0 Å². The van der Waals surface area contributed by atoms with E-state index in [2.05, 4.69) is 10.1 Å². The van der Waals surface area contributed by atoms with Gasteiger partial charge in [-0.3, -0.25) is 0 Å². The van der Waals surface area contributed by atoms with Crippen molar-refractivity contribution in [3.8, 4) is 0 Å². The third-order valence-corrected chi connectivity index (χ3v) is 4.55. The van der Waals surface area contributed by atoms with Gasteiger partial charge in [-0.1, -0.05) is 36.0 Å². The van der Waals surface area contributed by atoms with E-state index >= 15 is 0 Å². The first kappa shape index (κ1) is 13.9. The van der Waals surface area contributed by atoms with Gasteiger partial charge in [0.2, 0.25) is 0 Å². The van der Waals surface area contributed by atoms with Gasteiger partial charge in [0.1, 0.15) is 18.3 Å². The SMILES string of the molecule is OC1(c2cc(Cl)ccc2Cl)CCCCC1n1cncn1. The van der Waals surface area contributed by atoms with Crippen molar-refractivity contribution in [2.75, 3.05) is 0 Å². The molecule has 6 heteroatoms. The second-order valence-electron chi connectivity index (χ2n) is 5.19. The third-order valence-electron chi connectivity index (χ3n) is 3.99. The van der Waals surface area contributed by atoms with Crippen LogP contribution in [-0.2, 0) is 5.60 Å². The summed E-state index contributed by atoms with van der Waals surface area (Å²) in [6.07, 6.45) is 6.59. The first-order chi connectivity index (χ1) is 9.61. The lowest BCUT2D eigenvalue weighted by Gasteiger charge is -2.40. The van der Waals surface area contributed by atoms with Crippen LogP contribution < -0.4 is 0 Å². The summed E-state index contributed by atoms with van der Waals surface area (Å²) >= 11 is 12.3. The van der Waals surface area contributed by atoms with Gasteiger partial charge in [0.15, 0.2) is 0 Å². The van der Waals surface area contributed by atoms with Gasteiger partial charge in [-0.05, 0) is 31.0 Å². The van der Waals surface area contributed by atoms with Crippen molar-refractivity contribution in [2.24, 2.45) is 0 Å². The predicted octanol–water partition coefficient (Wildman–Crippen LogP) is 3.59. The number of benzene rings is 1. The molecule has 1 aliphatic rings. The normalized spacial score (nSPS) is 26.6. The maximum Gasteiger partial charge on any atom is 0.137 e. The Hall–Kier alpha value is -1.10. The molecule has 20 heavy (non-hydrogen) atoms. The summed E-state index contributed by atoms with van der Waals surface area (Å²) in [7, 11) is 0. The smallest absolute Gasteiger partial charge is 0.137 e. The monoisotopic (exact) mass is 311 g/mol. The molecule has 3 rings (SSSR count). The van der Waals surface area contributed by atoms with Gasteiger partial charge in [-0.15, -0.1) is 0 Å². The van der Waals surface area contributed by atoms with Gasteiger partial charge in [0.05, 0.1) is 6.04 Å². The standard InChI is InChI=1S/C14H15Cl2N3O/c15-10-4-5-12(16)11(7-10)14(20)6-2-1-3-13(14)19-9-17-8-18-19/h4-5,7-9,13,20H,1-3,6H2. The highest BCUT2D eigenvalue weighted by Gasteiger charge is 2.43. The number of aliphatic hydroxyl groups is 1. The van der Waals surface area contributed by atoms with Crippen molar-refractivity contribution in [2.45, 2.75) is 37.3 Å². The molecule has 2 atom stereocenters. The molecule has 1 aromatic heterocycles. The van der Waals surface area contributed by atoms with Crippen LogP contribution in [0.1, 0.15) is 37.3 Å². The van der Waals surface area contributed by atoms with Gasteiger partial charge in [0.25, 0.3) is 0 Å². The predicted molar refractivity (Wildman–Crippen MR) is 77.9 cm³/mol. The Balaban J connectivity index is 2.09. The maximum absolute atomic E-state index is 11.2. The zero-order valence-corrected chi connectivity index (χ0v) is 12.3. The molecule has 4 nitrogen and oxygen atoms in total. The van der Waals surface area contributed by atoms with E-state index in [-0.39, 0.29) is 6.04 Å². The molecule has 2 aromatic rings. The molecule has 0 radical (unpaired) electrons. The van der Waals surface area contributed by atoms with Crippen LogP contribution in [0.4, 0.5) is 0 Å². The molecular formula is C14H15Cl2N3O. The van der Waals surface area contributed by atoms with Crippen molar-refractivity contribution in [1.29, 1.82) is 0 Å². The zero-order valence-electron chi connectivity index (χ0n) is 10.8. The molecule has 0 aliphatic heterocycles. The summed E-state index contributed by atoms with van der Waals surface area (Å²) in [6.45, 7) is 0. The van der Waals surface area contributed by atoms with Gasteiger partial charge in [-0.25, -0.2) is 9.67 Å². The minimum absolute atomic E-state index is 0.172. The number of rotatable bonds is 2. The van der Waals surface area contributed by atoms with Gasteiger partial charge in [0, 0.05) is 15.6 Å². The van der Waals surface area contributed by atoms with Gasteiger partial charge < -0.3 is 5.11 Å². The highest BCUT2D eigenvalue weighted by Crippen LogP contribution is 2.46. The highest BCUT2D eigenvalue weighted by molar-refractivity contribution is 6.33. The average molecular weight is 312 g/mol. The lowest BCUT2D eigenvalue weighted by Crippen LogP contribution is -2.40. The minimum atomic E-state index is -1.06. The summed E-state index contributed by atoms with van der Waals surface area (Å²) in [5.41, 5.74) is -0.389. The summed E-state index contributed by atoms with van der Waals surface area (Å²) in [4.78, 5) is 3.98. The number of hydrogen-bond donors (Lipinski definition) is 1. The summed E-state index contributed by atoms with van der Waals surface area (Å²) < 4.78 is 1.72. The van der Waals surface area contributed by atoms with E-state index in [4.69, 9.17) is 23.2 Å². The fraction of sp³-hybridized carbons (Fsp3) is 0.429. The van der Waals surface area contributed by atoms with Crippen LogP contribution in [0.2, 0.25) is 10.0 Å². The van der Waals surface area contributed by atoms with E-state index in [0.717, 1.165) is 19.3 Å². The minimum Gasteiger partial charge on any atom is -0.383 e. The van der Waals surface area contributed by atoms with Crippen LogP contribution in [0.15, 0.2) is 30.9 Å². The van der Waals surface area contributed by atoms with E-state index in [1.165, 1.54) is 6.33 Å². The third kappa shape index (κ3) is 2.32. The molecular weight excluding hydrogens is 297 g/mol.